The predicted molar refractivity (Wildman–Crippen MR) is 81.5 cm³/mol. The first-order chi connectivity index (χ1) is 11.1. The van der Waals surface area contributed by atoms with Crippen LogP contribution in [0.3, 0.4) is 0 Å². The molecule has 0 spiro atoms. The van der Waals surface area contributed by atoms with Gasteiger partial charge in [-0.25, -0.2) is 0 Å². The van der Waals surface area contributed by atoms with Crippen LogP contribution < -0.4 is 10.2 Å². The summed E-state index contributed by atoms with van der Waals surface area (Å²) in [4.78, 5) is 37.7. The third-order valence-corrected chi connectivity index (χ3v) is 3.82. The summed E-state index contributed by atoms with van der Waals surface area (Å²) in [6, 6.07) is 0.889. The van der Waals surface area contributed by atoms with Gasteiger partial charge in [-0.1, -0.05) is 0 Å². The minimum Gasteiger partial charge on any atom is -0.490 e. The van der Waals surface area contributed by atoms with Crippen molar-refractivity contribution in [2.24, 2.45) is 0 Å². The van der Waals surface area contributed by atoms with Gasteiger partial charge in [0, 0.05) is 18.7 Å². The first kappa shape index (κ1) is 17.1. The molecule has 0 aliphatic carbocycles. The second-order valence-electron chi connectivity index (χ2n) is 5.33. The van der Waals surface area contributed by atoms with Crippen LogP contribution in [0.1, 0.15) is 43.2 Å². The van der Waals surface area contributed by atoms with E-state index in [9.17, 15) is 14.4 Å². The van der Waals surface area contributed by atoms with Gasteiger partial charge in [-0.05, 0) is 26.2 Å². The van der Waals surface area contributed by atoms with Gasteiger partial charge in [-0.3, -0.25) is 14.4 Å². The molecule has 0 aromatic carbocycles. The normalized spacial score (nSPS) is 17.7. The fourth-order valence-electron chi connectivity index (χ4n) is 2.69. The Labute approximate surface area is 134 Å². The molecule has 7 heteroatoms. The molecule has 1 aliphatic heterocycles. The fraction of sp³-hybridized carbons (Fsp3) is 0.562. The van der Waals surface area contributed by atoms with Crippen LogP contribution >= 0.6 is 0 Å². The molecular weight excluding hydrogens is 302 g/mol. The van der Waals surface area contributed by atoms with Gasteiger partial charge in [-0.2, -0.15) is 0 Å². The van der Waals surface area contributed by atoms with E-state index in [-0.39, 0.29) is 29.9 Å². The third kappa shape index (κ3) is 4.12. The molecule has 0 radical (unpaired) electrons. The number of ether oxygens (including phenoxy) is 2. The van der Waals surface area contributed by atoms with Gasteiger partial charge in [0.2, 0.25) is 11.2 Å². The number of methoxy groups -OCH3 is 1. The highest BCUT2D eigenvalue weighted by atomic mass is 16.5. The highest BCUT2D eigenvalue weighted by molar-refractivity contribution is 5.92. The molecule has 7 nitrogen and oxygen atoms in total. The van der Waals surface area contributed by atoms with E-state index in [0.29, 0.717) is 13.2 Å². The standard InChI is InChI=1S/C16H21NO6/c1-3-22-15(19)8-11-6-4-5-7-17(11)16(20)13-9-12(18)14(21-2)10-23-13/h9-11H,3-8H2,1-2H3/t11-/m0/s1. The third-order valence-electron chi connectivity index (χ3n) is 3.82. The van der Waals surface area contributed by atoms with Crippen LogP contribution in [0.5, 0.6) is 5.75 Å². The van der Waals surface area contributed by atoms with Gasteiger partial charge in [0.1, 0.15) is 6.26 Å². The van der Waals surface area contributed by atoms with E-state index in [1.807, 2.05) is 0 Å². The average molecular weight is 323 g/mol. The average Bonchev–Trinajstić information content (AvgIpc) is 2.55. The number of likely N-dealkylation sites (tertiary alicyclic amines) is 1. The van der Waals surface area contributed by atoms with Crippen LogP contribution in [0.15, 0.2) is 21.5 Å². The van der Waals surface area contributed by atoms with Crippen molar-refractivity contribution >= 4 is 11.9 Å². The Morgan fingerprint density at radius 2 is 2.17 bits per heavy atom. The van der Waals surface area contributed by atoms with Crippen LogP contribution in [0.4, 0.5) is 0 Å². The molecule has 1 aromatic heterocycles. The van der Waals surface area contributed by atoms with Crippen LogP contribution in [0.25, 0.3) is 0 Å². The monoisotopic (exact) mass is 323 g/mol. The summed E-state index contributed by atoms with van der Waals surface area (Å²) in [5, 5.41) is 0. The van der Waals surface area contributed by atoms with Crippen LogP contribution in [-0.4, -0.2) is 43.1 Å². The quantitative estimate of drug-likeness (QED) is 0.765. The summed E-state index contributed by atoms with van der Waals surface area (Å²) in [7, 11) is 1.35. The molecule has 0 bridgehead atoms. The van der Waals surface area contributed by atoms with Gasteiger partial charge < -0.3 is 18.8 Å². The van der Waals surface area contributed by atoms with E-state index in [0.717, 1.165) is 31.6 Å². The van der Waals surface area contributed by atoms with Crippen molar-refractivity contribution in [2.45, 2.75) is 38.6 Å². The molecule has 126 valence electrons. The van der Waals surface area contributed by atoms with E-state index in [4.69, 9.17) is 13.9 Å². The lowest BCUT2D eigenvalue weighted by Crippen LogP contribution is -2.45. The zero-order valence-electron chi connectivity index (χ0n) is 13.4. The summed E-state index contributed by atoms with van der Waals surface area (Å²) in [6.07, 6.45) is 3.80. The molecule has 23 heavy (non-hydrogen) atoms. The topological polar surface area (TPSA) is 86.0 Å². The summed E-state index contributed by atoms with van der Waals surface area (Å²) in [5.41, 5.74) is -0.416. The van der Waals surface area contributed by atoms with E-state index in [2.05, 4.69) is 0 Å². The number of hydrogen-bond donors (Lipinski definition) is 0. The molecule has 1 aromatic rings. The van der Waals surface area contributed by atoms with Crippen molar-refractivity contribution in [1.29, 1.82) is 0 Å². The van der Waals surface area contributed by atoms with Gasteiger partial charge in [0.05, 0.1) is 20.1 Å². The van der Waals surface area contributed by atoms with E-state index < -0.39 is 11.3 Å². The van der Waals surface area contributed by atoms with Gasteiger partial charge in [-0.15, -0.1) is 0 Å². The summed E-state index contributed by atoms with van der Waals surface area (Å²) in [5.74, 6) is -0.720. The number of carbonyl (C=O) groups excluding carboxylic acids is 2. The van der Waals surface area contributed by atoms with Gasteiger partial charge >= 0.3 is 5.97 Å². The highest BCUT2D eigenvalue weighted by Gasteiger charge is 2.31. The zero-order valence-corrected chi connectivity index (χ0v) is 13.4. The molecule has 0 saturated carbocycles. The predicted octanol–water partition coefficient (Wildman–Crippen LogP) is 1.60. The maximum absolute atomic E-state index is 12.6. The van der Waals surface area contributed by atoms with Crippen molar-refractivity contribution in [3.05, 3.63) is 28.3 Å². The van der Waals surface area contributed by atoms with Gasteiger partial charge in [0.25, 0.3) is 5.91 Å². The minimum atomic E-state index is -0.416. The van der Waals surface area contributed by atoms with Crippen molar-refractivity contribution < 1.29 is 23.5 Å². The number of amides is 1. The number of piperidine rings is 1. The van der Waals surface area contributed by atoms with Crippen molar-refractivity contribution in [2.75, 3.05) is 20.3 Å². The Morgan fingerprint density at radius 1 is 1.39 bits per heavy atom. The molecule has 1 atom stereocenters. The molecule has 0 N–H and O–H groups in total. The van der Waals surface area contributed by atoms with E-state index in [1.54, 1.807) is 11.8 Å². The van der Waals surface area contributed by atoms with E-state index in [1.165, 1.54) is 7.11 Å². The van der Waals surface area contributed by atoms with Gasteiger partial charge in [0.15, 0.2) is 5.76 Å². The lowest BCUT2D eigenvalue weighted by molar-refractivity contribution is -0.144. The molecule has 1 amide bonds. The zero-order chi connectivity index (χ0) is 16.8. The second-order valence-corrected chi connectivity index (χ2v) is 5.33. The SMILES string of the molecule is CCOC(=O)C[C@@H]1CCCCN1C(=O)c1cc(=O)c(OC)co1. The Balaban J connectivity index is 2.16. The van der Waals surface area contributed by atoms with E-state index >= 15 is 0 Å². The smallest absolute Gasteiger partial charge is 0.307 e. The first-order valence-corrected chi connectivity index (χ1v) is 7.70. The van der Waals surface area contributed by atoms with Crippen molar-refractivity contribution in [1.82, 2.24) is 4.90 Å². The largest absolute Gasteiger partial charge is 0.490 e. The van der Waals surface area contributed by atoms with Crippen molar-refractivity contribution in [3.8, 4) is 5.75 Å². The number of nitrogens with zero attached hydrogens (tertiary/aromatic N) is 1. The van der Waals surface area contributed by atoms with Crippen molar-refractivity contribution in [3.63, 3.8) is 0 Å². The van der Waals surface area contributed by atoms with Crippen LogP contribution in [-0.2, 0) is 9.53 Å². The molecular formula is C16H21NO6. The minimum absolute atomic E-state index is 0.0447. The lowest BCUT2D eigenvalue weighted by Gasteiger charge is -2.34. The molecule has 2 rings (SSSR count). The summed E-state index contributed by atoms with van der Waals surface area (Å²) in [6.45, 7) is 2.58. The number of esters is 1. The highest BCUT2D eigenvalue weighted by Crippen LogP contribution is 2.22. The van der Waals surface area contributed by atoms with Crippen LogP contribution in [0, 0.1) is 0 Å². The summed E-state index contributed by atoms with van der Waals surface area (Å²) >= 11 is 0. The Bertz CT molecular complexity index is 623. The second kappa shape index (κ2) is 7.80. The Morgan fingerprint density at radius 3 is 2.83 bits per heavy atom. The number of rotatable bonds is 5. The lowest BCUT2D eigenvalue weighted by atomic mass is 9.99. The van der Waals surface area contributed by atoms with Crippen LogP contribution in [0.2, 0.25) is 0 Å². The molecule has 1 saturated heterocycles. The maximum atomic E-state index is 12.6. The summed E-state index contributed by atoms with van der Waals surface area (Å²) < 4.78 is 15.0. The number of hydrogen-bond acceptors (Lipinski definition) is 6. The Hall–Kier alpha value is -2.31. The Kier molecular flexibility index (Phi) is 5.78. The maximum Gasteiger partial charge on any atom is 0.307 e. The molecule has 0 unspecified atom stereocenters. The molecule has 1 aliphatic rings. The number of carbonyl (C=O) groups is 2. The molecule has 2 heterocycles. The first-order valence-electron chi connectivity index (χ1n) is 7.70. The fourth-order valence-corrected chi connectivity index (χ4v) is 2.69. The molecule has 1 fully saturated rings.